The van der Waals surface area contributed by atoms with Gasteiger partial charge in [-0.15, -0.1) is 0 Å². The van der Waals surface area contributed by atoms with Crippen molar-refractivity contribution in [1.29, 1.82) is 0 Å². The number of amides is 2. The van der Waals surface area contributed by atoms with E-state index in [0.717, 1.165) is 11.3 Å². The van der Waals surface area contributed by atoms with Gasteiger partial charge in [-0.1, -0.05) is 18.2 Å². The summed E-state index contributed by atoms with van der Waals surface area (Å²) in [6.45, 7) is 1.77. The molecule has 0 aliphatic rings. The molecule has 1 aromatic carbocycles. The molecule has 0 saturated carbocycles. The Hall–Kier alpha value is -3.15. The number of hydrogen-bond donors (Lipinski definition) is 1. The Morgan fingerprint density at radius 1 is 1.24 bits per heavy atom. The average Bonchev–Trinajstić information content (AvgIpc) is 2.64. The van der Waals surface area contributed by atoms with E-state index in [1.165, 1.54) is 6.08 Å². The van der Waals surface area contributed by atoms with Gasteiger partial charge in [0.15, 0.2) is 6.61 Å². The van der Waals surface area contributed by atoms with E-state index in [4.69, 9.17) is 10.5 Å². The smallest absolute Gasteiger partial charge is 0.255 e. The van der Waals surface area contributed by atoms with Crippen LogP contribution in [-0.4, -0.2) is 35.4 Å². The minimum atomic E-state index is -0.528. The van der Waals surface area contributed by atoms with Crippen molar-refractivity contribution >= 4 is 17.9 Å². The molecule has 6 heteroatoms. The number of rotatable bonds is 7. The van der Waals surface area contributed by atoms with Crippen LogP contribution in [0.15, 0.2) is 54.7 Å². The number of carbonyl (C=O) groups excluding carboxylic acids is 2. The van der Waals surface area contributed by atoms with Crippen LogP contribution in [-0.2, 0) is 9.59 Å². The maximum Gasteiger partial charge on any atom is 0.255 e. The third-order valence-corrected chi connectivity index (χ3v) is 3.72. The number of primary amides is 1. The quantitative estimate of drug-likeness (QED) is 0.784. The van der Waals surface area contributed by atoms with Gasteiger partial charge >= 0.3 is 0 Å². The Balaban J connectivity index is 1.96. The van der Waals surface area contributed by atoms with Crippen molar-refractivity contribution in [2.75, 3.05) is 13.7 Å². The summed E-state index contributed by atoms with van der Waals surface area (Å²) < 4.78 is 5.19. The first-order valence-corrected chi connectivity index (χ1v) is 7.84. The molecule has 2 amide bonds. The molecule has 0 aliphatic carbocycles. The Bertz CT molecular complexity index is 742. The van der Waals surface area contributed by atoms with Crippen molar-refractivity contribution in [1.82, 2.24) is 9.88 Å². The number of aromatic nitrogens is 1. The van der Waals surface area contributed by atoms with Gasteiger partial charge in [-0.2, -0.15) is 0 Å². The summed E-state index contributed by atoms with van der Waals surface area (Å²) >= 11 is 0. The zero-order valence-corrected chi connectivity index (χ0v) is 14.3. The van der Waals surface area contributed by atoms with Gasteiger partial charge in [0.25, 0.3) is 5.91 Å². The summed E-state index contributed by atoms with van der Waals surface area (Å²) in [4.78, 5) is 28.9. The topological polar surface area (TPSA) is 85.5 Å². The lowest BCUT2D eigenvalue weighted by atomic mass is 10.1. The van der Waals surface area contributed by atoms with Gasteiger partial charge in [-0.25, -0.2) is 0 Å². The number of carbonyl (C=O) groups is 2. The summed E-state index contributed by atoms with van der Waals surface area (Å²) in [5.41, 5.74) is 6.71. The molecule has 1 heterocycles. The van der Waals surface area contributed by atoms with Crippen molar-refractivity contribution in [2.24, 2.45) is 5.73 Å². The second-order valence-corrected chi connectivity index (χ2v) is 5.54. The van der Waals surface area contributed by atoms with Crippen LogP contribution in [0.25, 0.3) is 6.08 Å². The summed E-state index contributed by atoms with van der Waals surface area (Å²) in [6.07, 6.45) is 4.95. The first-order chi connectivity index (χ1) is 12.0. The lowest BCUT2D eigenvalue weighted by molar-refractivity contribution is -0.126. The Morgan fingerprint density at radius 2 is 1.96 bits per heavy atom. The number of ether oxygens (including phenoxy) is 1. The summed E-state index contributed by atoms with van der Waals surface area (Å²) in [7, 11) is 1.74. The van der Waals surface area contributed by atoms with Crippen molar-refractivity contribution in [3.8, 4) is 5.75 Å². The molecule has 130 valence electrons. The molecular formula is C19H21N3O3. The van der Waals surface area contributed by atoms with E-state index >= 15 is 0 Å². The normalized spacial score (nSPS) is 11.9. The fraction of sp³-hybridized carbons (Fsp3) is 0.211. The molecule has 1 aromatic heterocycles. The predicted molar refractivity (Wildman–Crippen MR) is 95.6 cm³/mol. The van der Waals surface area contributed by atoms with E-state index < -0.39 is 5.91 Å². The largest absolute Gasteiger partial charge is 0.484 e. The fourth-order valence-electron chi connectivity index (χ4n) is 2.13. The van der Waals surface area contributed by atoms with Crippen LogP contribution in [0.2, 0.25) is 0 Å². The molecular weight excluding hydrogens is 318 g/mol. The third kappa shape index (κ3) is 5.46. The van der Waals surface area contributed by atoms with Gasteiger partial charge in [-0.3, -0.25) is 14.6 Å². The summed E-state index contributed by atoms with van der Waals surface area (Å²) in [5.74, 6) is -0.102. The van der Waals surface area contributed by atoms with Crippen LogP contribution in [0.5, 0.6) is 5.75 Å². The maximum absolute atomic E-state index is 12.3. The third-order valence-electron chi connectivity index (χ3n) is 3.72. The van der Waals surface area contributed by atoms with E-state index in [0.29, 0.717) is 5.75 Å². The Morgan fingerprint density at radius 3 is 2.56 bits per heavy atom. The molecule has 0 saturated heterocycles. The minimum absolute atomic E-state index is 0.118. The molecule has 0 bridgehead atoms. The van der Waals surface area contributed by atoms with Gasteiger partial charge in [0, 0.05) is 19.3 Å². The number of benzene rings is 1. The molecule has 0 fully saturated rings. The standard InChI is InChI=1S/C19H21N3O3/c1-14(17-5-3-4-12-21-17)22(2)19(24)11-8-15-6-9-16(10-7-15)25-13-18(20)23/h3-12,14H,13H2,1-2H3,(H2,20,23)/b11-8+/t14-/m1/s1. The van der Waals surface area contributed by atoms with Gasteiger partial charge in [0.05, 0.1) is 11.7 Å². The van der Waals surface area contributed by atoms with E-state index in [1.54, 1.807) is 48.5 Å². The zero-order chi connectivity index (χ0) is 18.2. The van der Waals surface area contributed by atoms with E-state index in [-0.39, 0.29) is 18.6 Å². The average molecular weight is 339 g/mol. The van der Waals surface area contributed by atoms with Crippen LogP contribution >= 0.6 is 0 Å². The number of nitrogens with two attached hydrogens (primary N) is 1. The van der Waals surface area contributed by atoms with Crippen molar-refractivity contribution in [3.05, 3.63) is 66.0 Å². The SMILES string of the molecule is C[C@H](c1ccccn1)N(C)C(=O)/C=C/c1ccc(OCC(N)=O)cc1. The van der Waals surface area contributed by atoms with Crippen LogP contribution in [0.4, 0.5) is 0 Å². The molecule has 0 spiro atoms. The van der Waals surface area contributed by atoms with Crippen LogP contribution in [0, 0.1) is 0 Å². The molecule has 2 aromatic rings. The van der Waals surface area contributed by atoms with Crippen LogP contribution in [0.1, 0.15) is 24.2 Å². The number of nitrogens with zero attached hydrogens (tertiary/aromatic N) is 2. The molecule has 0 radical (unpaired) electrons. The highest BCUT2D eigenvalue weighted by Gasteiger charge is 2.15. The number of pyridine rings is 1. The molecule has 25 heavy (non-hydrogen) atoms. The highest BCUT2D eigenvalue weighted by molar-refractivity contribution is 5.91. The van der Waals surface area contributed by atoms with Gasteiger partial charge < -0.3 is 15.4 Å². The van der Waals surface area contributed by atoms with E-state index in [1.807, 2.05) is 25.1 Å². The zero-order valence-electron chi connectivity index (χ0n) is 14.3. The first kappa shape index (κ1) is 18.2. The maximum atomic E-state index is 12.3. The molecule has 2 N–H and O–H groups in total. The van der Waals surface area contributed by atoms with E-state index in [9.17, 15) is 9.59 Å². The Labute approximate surface area is 146 Å². The lowest BCUT2D eigenvalue weighted by Gasteiger charge is -2.23. The van der Waals surface area contributed by atoms with Crippen molar-refractivity contribution in [3.63, 3.8) is 0 Å². The second-order valence-electron chi connectivity index (χ2n) is 5.54. The molecule has 0 aliphatic heterocycles. The fourth-order valence-corrected chi connectivity index (χ4v) is 2.13. The first-order valence-electron chi connectivity index (χ1n) is 7.84. The summed E-state index contributed by atoms with van der Waals surface area (Å²) in [6, 6.07) is 12.5. The molecule has 1 atom stereocenters. The van der Waals surface area contributed by atoms with Crippen molar-refractivity contribution in [2.45, 2.75) is 13.0 Å². The van der Waals surface area contributed by atoms with Gasteiger partial charge in [-0.05, 0) is 42.8 Å². The molecule has 6 nitrogen and oxygen atoms in total. The highest BCUT2D eigenvalue weighted by Crippen LogP contribution is 2.17. The van der Waals surface area contributed by atoms with Gasteiger partial charge in [0.2, 0.25) is 5.91 Å². The van der Waals surface area contributed by atoms with Crippen LogP contribution in [0.3, 0.4) is 0 Å². The lowest BCUT2D eigenvalue weighted by Crippen LogP contribution is -2.28. The predicted octanol–water partition coefficient (Wildman–Crippen LogP) is 2.18. The summed E-state index contributed by atoms with van der Waals surface area (Å²) in [5, 5.41) is 0. The number of likely N-dealkylation sites (N-methyl/N-ethyl adjacent to an activating group) is 1. The molecule has 2 rings (SSSR count). The molecule has 0 unspecified atom stereocenters. The van der Waals surface area contributed by atoms with Gasteiger partial charge in [0.1, 0.15) is 5.75 Å². The Kier molecular flexibility index (Phi) is 6.28. The van der Waals surface area contributed by atoms with Crippen molar-refractivity contribution < 1.29 is 14.3 Å². The van der Waals surface area contributed by atoms with Crippen LogP contribution < -0.4 is 10.5 Å². The van der Waals surface area contributed by atoms with E-state index in [2.05, 4.69) is 4.98 Å². The number of hydrogen-bond acceptors (Lipinski definition) is 4. The highest BCUT2D eigenvalue weighted by atomic mass is 16.5. The minimum Gasteiger partial charge on any atom is -0.484 e. The second kappa shape index (κ2) is 8.63. The monoisotopic (exact) mass is 339 g/mol.